The summed E-state index contributed by atoms with van der Waals surface area (Å²) in [7, 11) is -2.39. The first-order valence-electron chi connectivity index (χ1n) is 9.30. The van der Waals surface area contributed by atoms with Crippen LogP contribution in [-0.2, 0) is 15.6 Å². The number of hydrogen-bond acceptors (Lipinski definition) is 6. The minimum absolute atomic E-state index is 0.0171. The Hall–Kier alpha value is -1.88. The number of carboxylic acid groups (broad SMARTS) is 1. The van der Waals surface area contributed by atoms with E-state index in [1.54, 1.807) is 0 Å². The van der Waals surface area contributed by atoms with Crippen LogP contribution in [0.25, 0.3) is 0 Å². The number of hydrogen-bond donors (Lipinski definition) is 1. The number of alkyl halides is 3. The Morgan fingerprint density at radius 2 is 2.03 bits per heavy atom. The van der Waals surface area contributed by atoms with Crippen LogP contribution in [0.4, 0.5) is 13.2 Å². The minimum atomic E-state index is -4.52. The predicted molar refractivity (Wildman–Crippen MR) is 97.3 cm³/mol. The third-order valence-electron chi connectivity index (χ3n) is 5.61. The molecule has 0 aliphatic carbocycles. The quantitative estimate of drug-likeness (QED) is 0.660. The molecule has 0 radical (unpaired) electrons. The van der Waals surface area contributed by atoms with Crippen LogP contribution in [-0.4, -0.2) is 43.5 Å². The zero-order chi connectivity index (χ0) is 22.2. The Morgan fingerprint density at radius 1 is 1.41 bits per heavy atom. The number of oxazole rings is 1. The van der Waals surface area contributed by atoms with Gasteiger partial charge in [0.15, 0.2) is 14.2 Å². The SMILES string of the molecule is CC(C)(C)[Si](C)(C)OC(Cc1nc(C(=O)[O-])co1)CC1NC(=O)CC1C(F)(F)F. The Morgan fingerprint density at radius 3 is 2.52 bits per heavy atom. The summed E-state index contributed by atoms with van der Waals surface area (Å²) < 4.78 is 51.5. The lowest BCUT2D eigenvalue weighted by Gasteiger charge is -2.40. The number of nitrogens with zero attached hydrogens (tertiary/aromatic N) is 1. The van der Waals surface area contributed by atoms with Crippen LogP contribution in [0.3, 0.4) is 0 Å². The minimum Gasteiger partial charge on any atom is -0.543 e. The summed E-state index contributed by atoms with van der Waals surface area (Å²) in [5.41, 5.74) is -0.395. The molecule has 1 fully saturated rings. The average molecular weight is 435 g/mol. The van der Waals surface area contributed by atoms with E-state index in [2.05, 4.69) is 10.3 Å². The maximum absolute atomic E-state index is 13.4. The number of nitrogens with one attached hydrogen (secondary N) is 1. The number of carbonyl (C=O) groups excluding carboxylic acids is 2. The first kappa shape index (κ1) is 23.4. The number of aromatic carboxylic acids is 1. The van der Waals surface area contributed by atoms with Crippen molar-refractivity contribution in [2.45, 2.75) is 76.5 Å². The van der Waals surface area contributed by atoms with E-state index >= 15 is 0 Å². The molecular formula is C18H26F3N2O5Si-. The summed E-state index contributed by atoms with van der Waals surface area (Å²) in [6, 6.07) is -1.13. The van der Waals surface area contributed by atoms with Crippen LogP contribution >= 0.6 is 0 Å². The number of rotatable bonds is 7. The van der Waals surface area contributed by atoms with Gasteiger partial charge in [0.2, 0.25) is 5.91 Å². The standard InChI is InChI=1S/C18H27F3N2O5Si/c1-17(2,3)29(4,5)28-10(7-15-23-13(9-27-15)16(25)26)6-12-11(18(19,20)21)8-14(24)22-12/h9-12H,6-8H2,1-5H3,(H,22,24)(H,25,26)/p-1. The van der Waals surface area contributed by atoms with Crippen molar-refractivity contribution in [3.05, 3.63) is 17.8 Å². The third-order valence-corrected chi connectivity index (χ3v) is 10.1. The van der Waals surface area contributed by atoms with Crippen molar-refractivity contribution < 1.29 is 36.7 Å². The third kappa shape index (κ3) is 5.81. The van der Waals surface area contributed by atoms with Crippen molar-refractivity contribution in [3.8, 4) is 0 Å². The maximum atomic E-state index is 13.4. The van der Waals surface area contributed by atoms with Crippen LogP contribution < -0.4 is 10.4 Å². The summed E-state index contributed by atoms with van der Waals surface area (Å²) in [6.07, 6.45) is -5.06. The van der Waals surface area contributed by atoms with Crippen molar-refractivity contribution >= 4 is 20.2 Å². The van der Waals surface area contributed by atoms with E-state index in [1.165, 1.54) is 0 Å². The summed E-state index contributed by atoms with van der Waals surface area (Å²) in [6.45, 7) is 9.88. The molecule has 2 rings (SSSR count). The molecule has 0 bridgehead atoms. The Kier molecular flexibility index (Phi) is 6.53. The highest BCUT2D eigenvalue weighted by molar-refractivity contribution is 6.74. The summed E-state index contributed by atoms with van der Waals surface area (Å²) in [4.78, 5) is 26.3. The monoisotopic (exact) mass is 435 g/mol. The number of carbonyl (C=O) groups is 2. The van der Waals surface area contributed by atoms with Gasteiger partial charge in [-0.3, -0.25) is 4.79 Å². The molecule has 1 aliphatic heterocycles. The van der Waals surface area contributed by atoms with Gasteiger partial charge in [-0.2, -0.15) is 13.2 Å². The maximum Gasteiger partial charge on any atom is 0.394 e. The van der Waals surface area contributed by atoms with E-state index in [0.29, 0.717) is 0 Å². The normalized spacial score (nSPS) is 21.9. The van der Waals surface area contributed by atoms with Crippen molar-refractivity contribution in [2.75, 3.05) is 0 Å². The molecule has 7 nitrogen and oxygen atoms in total. The average Bonchev–Trinajstić information content (AvgIpc) is 3.12. The van der Waals surface area contributed by atoms with Gasteiger partial charge in [-0.05, 0) is 24.6 Å². The zero-order valence-corrected chi connectivity index (χ0v) is 18.1. The van der Waals surface area contributed by atoms with Gasteiger partial charge in [-0.15, -0.1) is 0 Å². The second kappa shape index (κ2) is 8.09. The highest BCUT2D eigenvalue weighted by Crippen LogP contribution is 2.40. The molecule has 2 heterocycles. The molecular weight excluding hydrogens is 409 g/mol. The molecule has 29 heavy (non-hydrogen) atoms. The van der Waals surface area contributed by atoms with Gasteiger partial charge in [0.25, 0.3) is 0 Å². The van der Waals surface area contributed by atoms with Gasteiger partial charge in [0.05, 0.1) is 18.0 Å². The first-order valence-corrected chi connectivity index (χ1v) is 12.2. The van der Waals surface area contributed by atoms with Crippen LogP contribution in [0.2, 0.25) is 18.1 Å². The molecule has 1 N–H and O–H groups in total. The topological polar surface area (TPSA) is 104 Å². The molecule has 1 saturated heterocycles. The molecule has 1 aromatic heterocycles. The molecule has 1 aliphatic rings. The highest BCUT2D eigenvalue weighted by atomic mass is 28.4. The Bertz CT molecular complexity index is 757. The lowest BCUT2D eigenvalue weighted by molar-refractivity contribution is -0.255. The molecule has 1 amide bonds. The molecule has 1 aromatic rings. The van der Waals surface area contributed by atoms with Crippen molar-refractivity contribution in [1.29, 1.82) is 0 Å². The smallest absolute Gasteiger partial charge is 0.394 e. The van der Waals surface area contributed by atoms with E-state index in [4.69, 9.17) is 8.84 Å². The predicted octanol–water partition coefficient (Wildman–Crippen LogP) is 2.43. The molecule has 0 aromatic carbocycles. The second-order valence-electron chi connectivity index (χ2n) is 8.88. The van der Waals surface area contributed by atoms with Crippen LogP contribution in [0, 0.1) is 5.92 Å². The molecule has 3 atom stereocenters. The second-order valence-corrected chi connectivity index (χ2v) is 13.6. The van der Waals surface area contributed by atoms with Crippen LogP contribution in [0.15, 0.2) is 10.7 Å². The molecule has 0 saturated carbocycles. The summed E-state index contributed by atoms with van der Waals surface area (Å²) in [5.74, 6) is -3.94. The van der Waals surface area contributed by atoms with Gasteiger partial charge in [0, 0.05) is 18.9 Å². The largest absolute Gasteiger partial charge is 0.543 e. The van der Waals surface area contributed by atoms with E-state index < -0.39 is 56.5 Å². The number of aromatic nitrogens is 1. The molecule has 11 heteroatoms. The van der Waals surface area contributed by atoms with Crippen LogP contribution in [0.1, 0.15) is 50.0 Å². The fourth-order valence-corrected chi connectivity index (χ4v) is 4.38. The van der Waals surface area contributed by atoms with Gasteiger partial charge in [0.1, 0.15) is 12.0 Å². The van der Waals surface area contributed by atoms with Gasteiger partial charge < -0.3 is 24.1 Å². The van der Waals surface area contributed by atoms with Crippen LogP contribution in [0.5, 0.6) is 0 Å². The number of amides is 1. The first-order chi connectivity index (χ1) is 13.1. The van der Waals surface area contributed by atoms with E-state index in [-0.39, 0.29) is 23.8 Å². The Balaban J connectivity index is 2.26. The fraction of sp³-hybridized carbons (Fsp3) is 0.722. The lowest BCUT2D eigenvalue weighted by atomic mass is 9.94. The van der Waals surface area contributed by atoms with E-state index in [1.807, 2.05) is 33.9 Å². The number of carboxylic acids is 1. The van der Waals surface area contributed by atoms with Gasteiger partial charge in [-0.1, -0.05) is 20.8 Å². The lowest BCUT2D eigenvalue weighted by Crippen LogP contribution is -2.47. The van der Waals surface area contributed by atoms with Gasteiger partial charge >= 0.3 is 6.18 Å². The number of halogens is 3. The molecule has 164 valence electrons. The van der Waals surface area contributed by atoms with E-state index in [9.17, 15) is 27.9 Å². The summed E-state index contributed by atoms with van der Waals surface area (Å²) in [5, 5.41) is 13.1. The highest BCUT2D eigenvalue weighted by Gasteiger charge is 2.51. The molecule has 0 spiro atoms. The summed E-state index contributed by atoms with van der Waals surface area (Å²) >= 11 is 0. The van der Waals surface area contributed by atoms with Crippen molar-refractivity contribution in [3.63, 3.8) is 0 Å². The van der Waals surface area contributed by atoms with Crippen molar-refractivity contribution in [2.24, 2.45) is 5.92 Å². The molecule has 3 unspecified atom stereocenters. The Labute approximate surface area is 168 Å². The van der Waals surface area contributed by atoms with Gasteiger partial charge in [-0.25, -0.2) is 4.98 Å². The van der Waals surface area contributed by atoms with Crippen molar-refractivity contribution in [1.82, 2.24) is 10.3 Å². The van der Waals surface area contributed by atoms with E-state index in [0.717, 1.165) is 6.26 Å². The zero-order valence-electron chi connectivity index (χ0n) is 17.1. The fourth-order valence-electron chi connectivity index (χ4n) is 3.02.